The minimum atomic E-state index is -3.97. The molecule has 5 nitrogen and oxygen atoms in total. The smallest absolute Gasteiger partial charge is 0.263 e. The van der Waals surface area contributed by atoms with E-state index in [0.717, 1.165) is 12.3 Å². The van der Waals surface area contributed by atoms with Gasteiger partial charge in [0.2, 0.25) is 0 Å². The molecule has 2 aromatic rings. The molecule has 2 saturated carbocycles. The van der Waals surface area contributed by atoms with E-state index < -0.39 is 10.0 Å². The lowest BCUT2D eigenvalue weighted by Crippen LogP contribution is -2.40. The normalized spacial score (nSPS) is 23.9. The van der Waals surface area contributed by atoms with Gasteiger partial charge in [-0.25, -0.2) is 8.42 Å². The standard InChI is InChI=1S/C22H24Cl2N2O3S/c1-13(19-11-14-2-3-15(19)10-14)25-22(27)16-4-9-20(24)21(12-16)30(28,29)26-18-7-5-17(23)6-8-18/h4-9,12-15,19,26H,2-3,10-11H2,1H3,(H,25,27)/t13-,14-,15-,19+/m0/s1. The van der Waals surface area contributed by atoms with E-state index in [1.165, 1.54) is 31.4 Å². The number of nitrogens with one attached hydrogen (secondary N) is 2. The summed E-state index contributed by atoms with van der Waals surface area (Å²) in [6.07, 6.45) is 4.98. The topological polar surface area (TPSA) is 75.3 Å². The quantitative estimate of drug-likeness (QED) is 0.602. The first kappa shape index (κ1) is 21.5. The molecule has 2 aromatic carbocycles. The highest BCUT2D eigenvalue weighted by atomic mass is 35.5. The van der Waals surface area contributed by atoms with Crippen molar-refractivity contribution in [2.24, 2.45) is 17.8 Å². The number of carbonyl (C=O) groups excluding carboxylic acids is 1. The minimum absolute atomic E-state index is 0.0502. The molecule has 0 spiro atoms. The van der Waals surface area contributed by atoms with E-state index in [1.807, 2.05) is 6.92 Å². The monoisotopic (exact) mass is 466 g/mol. The molecule has 2 fully saturated rings. The molecule has 0 saturated heterocycles. The molecular weight excluding hydrogens is 443 g/mol. The highest BCUT2D eigenvalue weighted by Gasteiger charge is 2.42. The van der Waals surface area contributed by atoms with E-state index in [2.05, 4.69) is 10.0 Å². The number of fused-ring (bicyclic) bond motifs is 2. The van der Waals surface area contributed by atoms with Gasteiger partial charge in [-0.05, 0) is 86.4 Å². The molecule has 30 heavy (non-hydrogen) atoms. The number of benzene rings is 2. The molecule has 2 aliphatic carbocycles. The van der Waals surface area contributed by atoms with Crippen LogP contribution in [0, 0.1) is 17.8 Å². The third-order valence-electron chi connectivity index (χ3n) is 6.37. The summed E-state index contributed by atoms with van der Waals surface area (Å²) in [5.41, 5.74) is 0.626. The second kappa shape index (κ2) is 8.40. The maximum Gasteiger partial charge on any atom is 0.263 e. The van der Waals surface area contributed by atoms with Gasteiger partial charge in [-0.3, -0.25) is 9.52 Å². The van der Waals surface area contributed by atoms with E-state index in [0.29, 0.717) is 22.5 Å². The Hall–Kier alpha value is -1.76. The number of halogens is 2. The summed E-state index contributed by atoms with van der Waals surface area (Å²) >= 11 is 12.0. The van der Waals surface area contributed by atoms with Crippen LogP contribution in [0.25, 0.3) is 0 Å². The van der Waals surface area contributed by atoms with Gasteiger partial charge in [0.15, 0.2) is 0 Å². The highest BCUT2D eigenvalue weighted by molar-refractivity contribution is 7.92. The van der Waals surface area contributed by atoms with Crippen molar-refractivity contribution in [3.63, 3.8) is 0 Å². The van der Waals surface area contributed by atoms with Crippen LogP contribution in [0.2, 0.25) is 10.0 Å². The van der Waals surface area contributed by atoms with Crippen molar-refractivity contribution in [3.05, 3.63) is 58.1 Å². The fourth-order valence-electron chi connectivity index (χ4n) is 4.88. The first-order valence-corrected chi connectivity index (χ1v) is 12.4. The lowest BCUT2D eigenvalue weighted by atomic mass is 9.84. The van der Waals surface area contributed by atoms with Crippen molar-refractivity contribution in [2.75, 3.05) is 4.72 Å². The van der Waals surface area contributed by atoms with Crippen LogP contribution in [0.1, 0.15) is 43.0 Å². The Labute approximate surface area is 187 Å². The largest absolute Gasteiger partial charge is 0.349 e. The number of hydrogen-bond acceptors (Lipinski definition) is 3. The number of hydrogen-bond donors (Lipinski definition) is 2. The van der Waals surface area contributed by atoms with Gasteiger partial charge in [0.05, 0.1) is 5.02 Å². The molecule has 160 valence electrons. The van der Waals surface area contributed by atoms with Crippen molar-refractivity contribution in [2.45, 2.75) is 43.5 Å². The fraction of sp³-hybridized carbons (Fsp3) is 0.409. The van der Waals surface area contributed by atoms with E-state index >= 15 is 0 Å². The van der Waals surface area contributed by atoms with E-state index in [1.54, 1.807) is 30.3 Å². The van der Waals surface area contributed by atoms with Crippen LogP contribution in [0.15, 0.2) is 47.4 Å². The summed E-state index contributed by atoms with van der Waals surface area (Å²) in [6.45, 7) is 2.04. The van der Waals surface area contributed by atoms with Crippen molar-refractivity contribution in [1.82, 2.24) is 5.32 Å². The molecule has 0 radical (unpaired) electrons. The van der Waals surface area contributed by atoms with Gasteiger partial charge in [0, 0.05) is 22.3 Å². The zero-order valence-corrected chi connectivity index (χ0v) is 18.9. The molecule has 1 amide bonds. The third-order valence-corrected chi connectivity index (χ3v) is 8.49. The Kier molecular flexibility index (Phi) is 6.02. The van der Waals surface area contributed by atoms with Crippen LogP contribution in [0.4, 0.5) is 5.69 Å². The summed E-state index contributed by atoms with van der Waals surface area (Å²) < 4.78 is 28.1. The van der Waals surface area contributed by atoms with E-state index in [9.17, 15) is 13.2 Å². The van der Waals surface area contributed by atoms with Crippen LogP contribution in [-0.4, -0.2) is 20.4 Å². The van der Waals surface area contributed by atoms with Gasteiger partial charge in [0.1, 0.15) is 4.90 Å². The summed E-state index contributed by atoms with van der Waals surface area (Å²) in [4.78, 5) is 12.7. The summed E-state index contributed by atoms with van der Waals surface area (Å²) in [5.74, 6) is 1.69. The van der Waals surface area contributed by atoms with Crippen LogP contribution >= 0.6 is 23.2 Å². The van der Waals surface area contributed by atoms with E-state index in [4.69, 9.17) is 23.2 Å². The summed E-state index contributed by atoms with van der Waals surface area (Å²) in [7, 11) is -3.97. The second-order valence-corrected chi connectivity index (χ2v) is 10.9. The zero-order chi connectivity index (χ0) is 21.5. The molecule has 4 atom stereocenters. The summed E-state index contributed by atoms with van der Waals surface area (Å²) in [6, 6.07) is 10.6. The second-order valence-electron chi connectivity index (χ2n) is 8.36. The maximum absolute atomic E-state index is 12.8. The number of anilines is 1. The minimum Gasteiger partial charge on any atom is -0.349 e. The average Bonchev–Trinajstić information content (AvgIpc) is 3.33. The third kappa shape index (κ3) is 4.46. The first-order valence-electron chi connectivity index (χ1n) is 10.1. The van der Waals surface area contributed by atoms with Crippen molar-refractivity contribution >= 4 is 44.8 Å². The SMILES string of the molecule is C[C@H](NC(=O)c1ccc(Cl)c(S(=O)(=O)Nc2ccc(Cl)cc2)c1)[C@H]1C[C@H]2CC[C@H]1C2. The van der Waals surface area contributed by atoms with Gasteiger partial charge in [-0.15, -0.1) is 0 Å². The van der Waals surface area contributed by atoms with Gasteiger partial charge < -0.3 is 5.32 Å². The Bertz CT molecular complexity index is 1060. The molecule has 0 unspecified atom stereocenters. The average molecular weight is 467 g/mol. The molecule has 8 heteroatoms. The van der Waals surface area contributed by atoms with Crippen molar-refractivity contribution < 1.29 is 13.2 Å². The predicted octanol–water partition coefficient (Wildman–Crippen LogP) is 5.35. The summed E-state index contributed by atoms with van der Waals surface area (Å²) in [5, 5.41) is 3.61. The predicted molar refractivity (Wildman–Crippen MR) is 120 cm³/mol. The Morgan fingerprint density at radius 3 is 2.43 bits per heavy atom. The molecule has 2 bridgehead atoms. The van der Waals surface area contributed by atoms with Crippen LogP contribution < -0.4 is 10.0 Å². The highest BCUT2D eigenvalue weighted by Crippen LogP contribution is 2.49. The molecule has 4 rings (SSSR count). The van der Waals surface area contributed by atoms with Gasteiger partial charge >= 0.3 is 0 Å². The maximum atomic E-state index is 12.8. The number of amides is 1. The fourth-order valence-corrected chi connectivity index (χ4v) is 6.59. The lowest BCUT2D eigenvalue weighted by Gasteiger charge is -2.28. The molecule has 2 aliphatic rings. The van der Waals surface area contributed by atoms with Gasteiger partial charge in [0.25, 0.3) is 15.9 Å². The molecule has 2 N–H and O–H groups in total. The first-order chi connectivity index (χ1) is 14.2. The van der Waals surface area contributed by atoms with Gasteiger partial charge in [-0.1, -0.05) is 29.6 Å². The molecule has 0 heterocycles. The number of sulfonamides is 1. The lowest BCUT2D eigenvalue weighted by molar-refractivity contribution is 0.0915. The Morgan fingerprint density at radius 2 is 1.80 bits per heavy atom. The van der Waals surface area contributed by atoms with Gasteiger partial charge in [-0.2, -0.15) is 0 Å². The van der Waals surface area contributed by atoms with Crippen LogP contribution in [-0.2, 0) is 10.0 Å². The molecule has 0 aliphatic heterocycles. The Balaban J connectivity index is 1.50. The number of carbonyl (C=O) groups is 1. The van der Waals surface area contributed by atoms with Crippen LogP contribution in [0.3, 0.4) is 0 Å². The molecule has 0 aromatic heterocycles. The molecular formula is C22H24Cl2N2O3S. The zero-order valence-electron chi connectivity index (χ0n) is 16.6. The Morgan fingerprint density at radius 1 is 1.07 bits per heavy atom. The van der Waals surface area contributed by atoms with Crippen molar-refractivity contribution in [1.29, 1.82) is 0 Å². The number of rotatable bonds is 6. The van der Waals surface area contributed by atoms with Crippen molar-refractivity contribution in [3.8, 4) is 0 Å². The van der Waals surface area contributed by atoms with E-state index in [-0.39, 0.29) is 27.4 Å². The van der Waals surface area contributed by atoms with Crippen LogP contribution in [0.5, 0.6) is 0 Å².